The normalized spacial score (nSPS) is 16.7. The van der Waals surface area contributed by atoms with E-state index < -0.39 is 29.9 Å². The molecule has 0 spiro atoms. The largest absolute Gasteiger partial charge is 0.479 e. The van der Waals surface area contributed by atoms with Crippen LogP contribution >= 0.6 is 0 Å². The summed E-state index contributed by atoms with van der Waals surface area (Å²) in [6.45, 7) is 1.36. The molecule has 1 aliphatic heterocycles. The highest BCUT2D eigenvalue weighted by molar-refractivity contribution is 6.39. The lowest BCUT2D eigenvalue weighted by molar-refractivity contribution is -0.144. The Bertz CT molecular complexity index is 983. The number of para-hydroxylation sites is 2. The van der Waals surface area contributed by atoms with Crippen LogP contribution in [0, 0.1) is 0 Å². The molecule has 1 atom stereocenters. The number of rotatable bonds is 5. The molecule has 0 bridgehead atoms. The Morgan fingerprint density at radius 3 is 2.39 bits per heavy atom. The first-order valence-electron chi connectivity index (χ1n) is 8.33. The van der Waals surface area contributed by atoms with Crippen LogP contribution in [0.25, 0.3) is 6.08 Å². The molecule has 3 rings (SSSR count). The number of amides is 4. The molecule has 142 valence electrons. The van der Waals surface area contributed by atoms with Crippen LogP contribution in [-0.2, 0) is 14.4 Å². The molecule has 8 heteroatoms. The summed E-state index contributed by atoms with van der Waals surface area (Å²) in [7, 11) is 0. The predicted molar refractivity (Wildman–Crippen MR) is 99.6 cm³/mol. The van der Waals surface area contributed by atoms with Gasteiger partial charge in [0.25, 0.3) is 11.8 Å². The number of benzene rings is 2. The SMILES string of the molecule is C[C@H](Oc1ccccc1/C=C1\C(=O)NC(=O)N(c2ccccc2)C1=O)C(=O)O. The third kappa shape index (κ3) is 3.75. The number of carboxylic acids is 1. The summed E-state index contributed by atoms with van der Waals surface area (Å²) in [5, 5.41) is 11.2. The standard InChI is InChI=1S/C20H16N2O6/c1-12(19(25)26)28-16-10-6-5-7-13(16)11-15-17(23)21-20(27)22(18(15)24)14-8-3-2-4-9-14/h2-12H,1H3,(H,25,26)(H,21,23,27)/b15-11+/t12-/m0/s1. The number of nitrogens with zero attached hydrogens (tertiary/aromatic N) is 1. The highest BCUT2D eigenvalue weighted by Crippen LogP contribution is 2.26. The summed E-state index contributed by atoms with van der Waals surface area (Å²) in [6.07, 6.45) is 0.141. The third-order valence-corrected chi connectivity index (χ3v) is 3.99. The van der Waals surface area contributed by atoms with Crippen LogP contribution < -0.4 is 15.0 Å². The molecule has 1 saturated heterocycles. The van der Waals surface area contributed by atoms with E-state index in [4.69, 9.17) is 9.84 Å². The van der Waals surface area contributed by atoms with Crippen molar-refractivity contribution in [2.24, 2.45) is 0 Å². The number of carbonyl (C=O) groups is 4. The van der Waals surface area contributed by atoms with E-state index in [2.05, 4.69) is 5.32 Å². The molecule has 2 aromatic rings. The number of hydrogen-bond donors (Lipinski definition) is 2. The van der Waals surface area contributed by atoms with Crippen molar-refractivity contribution < 1.29 is 29.0 Å². The van der Waals surface area contributed by atoms with Gasteiger partial charge in [-0.1, -0.05) is 36.4 Å². The smallest absolute Gasteiger partial charge is 0.344 e. The van der Waals surface area contributed by atoms with Crippen molar-refractivity contribution >= 4 is 35.6 Å². The van der Waals surface area contributed by atoms with Gasteiger partial charge in [0.05, 0.1) is 5.69 Å². The highest BCUT2D eigenvalue weighted by Gasteiger charge is 2.36. The summed E-state index contributed by atoms with van der Waals surface area (Å²) >= 11 is 0. The quantitative estimate of drug-likeness (QED) is 0.607. The first kappa shape index (κ1) is 18.8. The van der Waals surface area contributed by atoms with Crippen LogP contribution in [0.4, 0.5) is 10.5 Å². The van der Waals surface area contributed by atoms with E-state index in [-0.39, 0.29) is 11.3 Å². The van der Waals surface area contributed by atoms with Gasteiger partial charge in [-0.25, -0.2) is 14.5 Å². The average molecular weight is 380 g/mol. The van der Waals surface area contributed by atoms with E-state index >= 15 is 0 Å². The van der Waals surface area contributed by atoms with Crippen molar-refractivity contribution in [2.75, 3.05) is 4.90 Å². The zero-order valence-electron chi connectivity index (χ0n) is 14.8. The van der Waals surface area contributed by atoms with E-state index in [1.807, 2.05) is 0 Å². The molecule has 2 N–H and O–H groups in total. The van der Waals surface area contributed by atoms with Crippen molar-refractivity contribution in [3.8, 4) is 5.75 Å². The topological polar surface area (TPSA) is 113 Å². The maximum absolute atomic E-state index is 12.8. The van der Waals surface area contributed by atoms with Crippen LogP contribution in [0.2, 0.25) is 0 Å². The summed E-state index contributed by atoms with van der Waals surface area (Å²) in [5.41, 5.74) is 0.367. The number of hydrogen-bond acceptors (Lipinski definition) is 5. The lowest BCUT2D eigenvalue weighted by Crippen LogP contribution is -2.54. The fourth-order valence-corrected chi connectivity index (χ4v) is 2.57. The molecular formula is C20H16N2O6. The van der Waals surface area contributed by atoms with Crippen molar-refractivity contribution in [3.05, 3.63) is 65.7 Å². The Hall–Kier alpha value is -3.94. The van der Waals surface area contributed by atoms with E-state index in [1.165, 1.54) is 19.1 Å². The van der Waals surface area contributed by atoms with E-state index in [0.29, 0.717) is 11.3 Å². The molecule has 1 heterocycles. The monoisotopic (exact) mass is 380 g/mol. The van der Waals surface area contributed by atoms with Gasteiger partial charge in [0.2, 0.25) is 0 Å². The Balaban J connectivity index is 1.99. The van der Waals surface area contributed by atoms with Crippen molar-refractivity contribution in [1.29, 1.82) is 0 Å². The number of carboxylic acid groups (broad SMARTS) is 1. The van der Waals surface area contributed by atoms with Crippen molar-refractivity contribution in [1.82, 2.24) is 5.32 Å². The average Bonchev–Trinajstić information content (AvgIpc) is 2.67. The van der Waals surface area contributed by atoms with E-state index in [9.17, 15) is 19.2 Å². The zero-order valence-corrected chi connectivity index (χ0v) is 14.8. The van der Waals surface area contributed by atoms with Crippen LogP contribution in [-0.4, -0.2) is 35.0 Å². The van der Waals surface area contributed by atoms with Crippen molar-refractivity contribution in [3.63, 3.8) is 0 Å². The Kier molecular flexibility index (Phi) is 5.21. The van der Waals surface area contributed by atoms with Gasteiger partial charge in [-0.3, -0.25) is 14.9 Å². The molecule has 0 aliphatic carbocycles. The third-order valence-electron chi connectivity index (χ3n) is 3.99. The van der Waals surface area contributed by atoms with E-state index in [0.717, 1.165) is 4.90 Å². The summed E-state index contributed by atoms with van der Waals surface area (Å²) in [5.74, 6) is -2.60. The lowest BCUT2D eigenvalue weighted by Gasteiger charge is -2.26. The Labute approximate surface area is 160 Å². The molecule has 2 aromatic carbocycles. The van der Waals surface area contributed by atoms with Crippen LogP contribution in [0.1, 0.15) is 12.5 Å². The predicted octanol–water partition coefficient (Wildman–Crippen LogP) is 2.20. The molecule has 28 heavy (non-hydrogen) atoms. The van der Waals surface area contributed by atoms with Gasteiger partial charge >= 0.3 is 12.0 Å². The van der Waals surface area contributed by atoms with Gasteiger partial charge in [0.1, 0.15) is 11.3 Å². The molecule has 4 amide bonds. The van der Waals surface area contributed by atoms with Gasteiger partial charge < -0.3 is 9.84 Å². The molecule has 8 nitrogen and oxygen atoms in total. The summed E-state index contributed by atoms with van der Waals surface area (Å²) < 4.78 is 5.38. The second kappa shape index (κ2) is 7.75. The van der Waals surface area contributed by atoms with Crippen LogP contribution in [0.15, 0.2) is 60.2 Å². The molecule has 1 fully saturated rings. The minimum absolute atomic E-state index is 0.189. The second-order valence-corrected chi connectivity index (χ2v) is 5.93. The number of barbiturate groups is 1. The minimum Gasteiger partial charge on any atom is -0.479 e. The zero-order chi connectivity index (χ0) is 20.3. The number of carbonyl (C=O) groups excluding carboxylic acids is 3. The van der Waals surface area contributed by atoms with Gasteiger partial charge in [0, 0.05) is 5.56 Å². The van der Waals surface area contributed by atoms with Crippen LogP contribution in [0.3, 0.4) is 0 Å². The number of urea groups is 1. The molecular weight excluding hydrogens is 364 g/mol. The molecule has 0 aromatic heterocycles. The fraction of sp³-hybridized carbons (Fsp3) is 0.100. The number of aliphatic carboxylic acids is 1. The molecule has 0 saturated carbocycles. The van der Waals surface area contributed by atoms with E-state index in [1.54, 1.807) is 48.5 Å². The fourth-order valence-electron chi connectivity index (χ4n) is 2.57. The first-order valence-corrected chi connectivity index (χ1v) is 8.33. The van der Waals surface area contributed by atoms with Gasteiger partial charge in [-0.05, 0) is 31.2 Å². The van der Waals surface area contributed by atoms with Gasteiger partial charge in [-0.15, -0.1) is 0 Å². The Morgan fingerprint density at radius 1 is 1.07 bits per heavy atom. The number of ether oxygens (including phenoxy) is 1. The maximum atomic E-state index is 12.8. The Morgan fingerprint density at radius 2 is 1.71 bits per heavy atom. The number of imide groups is 2. The van der Waals surface area contributed by atoms with Gasteiger partial charge in [-0.2, -0.15) is 0 Å². The molecule has 1 aliphatic rings. The minimum atomic E-state index is -1.16. The highest BCUT2D eigenvalue weighted by atomic mass is 16.5. The van der Waals surface area contributed by atoms with Crippen molar-refractivity contribution in [2.45, 2.75) is 13.0 Å². The summed E-state index contributed by atoms with van der Waals surface area (Å²) in [4.78, 5) is 49.1. The van der Waals surface area contributed by atoms with Gasteiger partial charge in [0.15, 0.2) is 6.10 Å². The second-order valence-electron chi connectivity index (χ2n) is 5.93. The first-order chi connectivity index (χ1) is 13.4. The number of nitrogens with one attached hydrogen (secondary N) is 1. The number of anilines is 1. The summed E-state index contributed by atoms with van der Waals surface area (Å²) in [6, 6.07) is 13.7. The molecule has 0 unspecified atom stereocenters. The lowest BCUT2D eigenvalue weighted by atomic mass is 10.1. The molecule has 0 radical (unpaired) electrons. The maximum Gasteiger partial charge on any atom is 0.344 e. The van der Waals surface area contributed by atoms with Crippen LogP contribution in [0.5, 0.6) is 5.75 Å².